The monoisotopic (exact) mass is 238 g/mol. The van der Waals surface area contributed by atoms with E-state index >= 15 is 0 Å². The Morgan fingerprint density at radius 1 is 0.889 bits per heavy atom. The summed E-state index contributed by atoms with van der Waals surface area (Å²) in [6, 6.07) is 16.8. The standard InChI is InChI=1S/C17H18O/c1-3-14-4-6-15(7-5-14)8-9-16-10-12-17(18-2)13-11-16/h3-7,10-13H,1,8-9H2,2H3. The van der Waals surface area contributed by atoms with Gasteiger partial charge in [-0.25, -0.2) is 0 Å². The number of methoxy groups -OCH3 is 1. The minimum absolute atomic E-state index is 0.911. The molecular formula is C17H18O. The Morgan fingerprint density at radius 3 is 1.83 bits per heavy atom. The average Bonchev–Trinajstić information content (AvgIpc) is 2.46. The van der Waals surface area contributed by atoms with Gasteiger partial charge in [0, 0.05) is 0 Å². The quantitative estimate of drug-likeness (QED) is 0.761. The van der Waals surface area contributed by atoms with Crippen molar-refractivity contribution in [3.8, 4) is 5.75 Å². The summed E-state index contributed by atoms with van der Waals surface area (Å²) in [6.45, 7) is 3.76. The molecule has 18 heavy (non-hydrogen) atoms. The van der Waals surface area contributed by atoms with E-state index in [9.17, 15) is 0 Å². The van der Waals surface area contributed by atoms with E-state index in [1.807, 2.05) is 18.2 Å². The van der Waals surface area contributed by atoms with Gasteiger partial charge < -0.3 is 4.74 Å². The average molecular weight is 238 g/mol. The van der Waals surface area contributed by atoms with Gasteiger partial charge in [-0.1, -0.05) is 49.1 Å². The van der Waals surface area contributed by atoms with Crippen molar-refractivity contribution in [2.75, 3.05) is 7.11 Å². The normalized spacial score (nSPS) is 10.1. The fraction of sp³-hybridized carbons (Fsp3) is 0.176. The third-order valence-electron chi connectivity index (χ3n) is 3.08. The molecule has 92 valence electrons. The molecule has 0 heterocycles. The van der Waals surface area contributed by atoms with E-state index in [-0.39, 0.29) is 0 Å². The summed E-state index contributed by atoms with van der Waals surface area (Å²) in [5.74, 6) is 0.911. The first-order valence-corrected chi connectivity index (χ1v) is 6.16. The molecule has 2 aromatic rings. The fourth-order valence-corrected chi connectivity index (χ4v) is 1.90. The van der Waals surface area contributed by atoms with Gasteiger partial charge in [-0.15, -0.1) is 0 Å². The highest BCUT2D eigenvalue weighted by Crippen LogP contribution is 2.14. The van der Waals surface area contributed by atoms with E-state index in [2.05, 4.69) is 43.0 Å². The minimum Gasteiger partial charge on any atom is -0.497 e. The lowest BCUT2D eigenvalue weighted by Gasteiger charge is -2.04. The third kappa shape index (κ3) is 3.24. The van der Waals surface area contributed by atoms with Crippen LogP contribution in [0.2, 0.25) is 0 Å². The van der Waals surface area contributed by atoms with Crippen LogP contribution >= 0.6 is 0 Å². The van der Waals surface area contributed by atoms with Crippen LogP contribution in [-0.4, -0.2) is 7.11 Å². The Kier molecular flexibility index (Phi) is 4.19. The van der Waals surface area contributed by atoms with Gasteiger partial charge in [0.05, 0.1) is 7.11 Å². The molecule has 0 amide bonds. The first-order chi connectivity index (χ1) is 8.81. The molecule has 0 radical (unpaired) electrons. The van der Waals surface area contributed by atoms with Crippen LogP contribution in [0, 0.1) is 0 Å². The highest BCUT2D eigenvalue weighted by Gasteiger charge is 1.97. The van der Waals surface area contributed by atoms with Gasteiger partial charge in [0.25, 0.3) is 0 Å². The van der Waals surface area contributed by atoms with Gasteiger partial charge in [0.2, 0.25) is 0 Å². The van der Waals surface area contributed by atoms with Crippen molar-refractivity contribution in [2.24, 2.45) is 0 Å². The summed E-state index contributed by atoms with van der Waals surface area (Å²) >= 11 is 0. The van der Waals surface area contributed by atoms with Crippen molar-refractivity contribution < 1.29 is 4.74 Å². The van der Waals surface area contributed by atoms with Crippen LogP contribution in [0.5, 0.6) is 5.75 Å². The maximum Gasteiger partial charge on any atom is 0.118 e. The van der Waals surface area contributed by atoms with E-state index in [1.165, 1.54) is 16.7 Å². The van der Waals surface area contributed by atoms with Crippen LogP contribution in [0.3, 0.4) is 0 Å². The van der Waals surface area contributed by atoms with E-state index in [4.69, 9.17) is 4.74 Å². The highest BCUT2D eigenvalue weighted by atomic mass is 16.5. The highest BCUT2D eigenvalue weighted by molar-refractivity contribution is 5.47. The zero-order chi connectivity index (χ0) is 12.8. The van der Waals surface area contributed by atoms with Crippen LogP contribution < -0.4 is 4.74 Å². The lowest BCUT2D eigenvalue weighted by molar-refractivity contribution is 0.414. The predicted molar refractivity (Wildman–Crippen MR) is 76.9 cm³/mol. The summed E-state index contributed by atoms with van der Waals surface area (Å²) in [6.07, 6.45) is 3.98. The van der Waals surface area contributed by atoms with Crippen LogP contribution in [0.4, 0.5) is 0 Å². The molecule has 0 bridgehead atoms. The molecular weight excluding hydrogens is 220 g/mol. The molecule has 2 aromatic carbocycles. The summed E-state index contributed by atoms with van der Waals surface area (Å²) in [5, 5.41) is 0. The van der Waals surface area contributed by atoms with Crippen molar-refractivity contribution in [3.63, 3.8) is 0 Å². The predicted octanol–water partition coefficient (Wildman–Crippen LogP) is 4.12. The Balaban J connectivity index is 1.95. The van der Waals surface area contributed by atoms with Crippen LogP contribution in [0.25, 0.3) is 6.08 Å². The summed E-state index contributed by atoms with van der Waals surface area (Å²) in [4.78, 5) is 0. The first-order valence-electron chi connectivity index (χ1n) is 6.16. The summed E-state index contributed by atoms with van der Waals surface area (Å²) < 4.78 is 5.15. The summed E-state index contributed by atoms with van der Waals surface area (Å²) in [5.41, 5.74) is 3.86. The third-order valence-corrected chi connectivity index (χ3v) is 3.08. The van der Waals surface area contributed by atoms with E-state index in [0.717, 1.165) is 18.6 Å². The number of ether oxygens (including phenoxy) is 1. The minimum atomic E-state index is 0.911. The molecule has 0 aliphatic rings. The van der Waals surface area contributed by atoms with Crippen molar-refractivity contribution >= 4 is 6.08 Å². The molecule has 0 fully saturated rings. The molecule has 0 aliphatic carbocycles. The zero-order valence-electron chi connectivity index (χ0n) is 10.7. The van der Waals surface area contributed by atoms with Crippen LogP contribution in [0.1, 0.15) is 16.7 Å². The second-order valence-electron chi connectivity index (χ2n) is 4.29. The van der Waals surface area contributed by atoms with Crippen molar-refractivity contribution in [2.45, 2.75) is 12.8 Å². The molecule has 1 heteroatoms. The SMILES string of the molecule is C=Cc1ccc(CCc2ccc(OC)cc2)cc1. The van der Waals surface area contributed by atoms with E-state index in [1.54, 1.807) is 7.11 Å². The van der Waals surface area contributed by atoms with Crippen LogP contribution in [0.15, 0.2) is 55.1 Å². The maximum absolute atomic E-state index is 5.15. The smallest absolute Gasteiger partial charge is 0.118 e. The topological polar surface area (TPSA) is 9.23 Å². The number of benzene rings is 2. The van der Waals surface area contributed by atoms with Crippen LogP contribution in [-0.2, 0) is 12.8 Å². The van der Waals surface area contributed by atoms with E-state index < -0.39 is 0 Å². The Bertz CT molecular complexity index is 494. The molecule has 0 unspecified atom stereocenters. The maximum atomic E-state index is 5.15. The Morgan fingerprint density at radius 2 is 1.39 bits per heavy atom. The van der Waals surface area contributed by atoms with Gasteiger partial charge in [-0.2, -0.15) is 0 Å². The van der Waals surface area contributed by atoms with Gasteiger partial charge in [0.1, 0.15) is 5.75 Å². The molecule has 0 aliphatic heterocycles. The fourth-order valence-electron chi connectivity index (χ4n) is 1.90. The van der Waals surface area contributed by atoms with Gasteiger partial charge >= 0.3 is 0 Å². The van der Waals surface area contributed by atoms with Gasteiger partial charge in [-0.05, 0) is 41.7 Å². The van der Waals surface area contributed by atoms with E-state index in [0.29, 0.717) is 0 Å². The molecule has 0 saturated carbocycles. The van der Waals surface area contributed by atoms with Crippen molar-refractivity contribution in [3.05, 3.63) is 71.8 Å². The Labute approximate surface area is 109 Å². The lowest BCUT2D eigenvalue weighted by Crippen LogP contribution is -1.91. The number of aryl methyl sites for hydroxylation is 2. The molecule has 1 nitrogen and oxygen atoms in total. The van der Waals surface area contributed by atoms with Crippen molar-refractivity contribution in [1.29, 1.82) is 0 Å². The Hall–Kier alpha value is -2.02. The first kappa shape index (κ1) is 12.4. The largest absolute Gasteiger partial charge is 0.497 e. The van der Waals surface area contributed by atoms with Gasteiger partial charge in [-0.3, -0.25) is 0 Å². The van der Waals surface area contributed by atoms with Crippen molar-refractivity contribution in [1.82, 2.24) is 0 Å². The molecule has 0 N–H and O–H groups in total. The molecule has 2 rings (SSSR count). The zero-order valence-corrected chi connectivity index (χ0v) is 10.7. The molecule has 0 spiro atoms. The number of hydrogen-bond donors (Lipinski definition) is 0. The second kappa shape index (κ2) is 6.06. The molecule has 0 aromatic heterocycles. The molecule has 0 saturated heterocycles. The number of hydrogen-bond acceptors (Lipinski definition) is 1. The number of rotatable bonds is 5. The van der Waals surface area contributed by atoms with Gasteiger partial charge in [0.15, 0.2) is 0 Å². The second-order valence-corrected chi connectivity index (χ2v) is 4.29. The lowest BCUT2D eigenvalue weighted by atomic mass is 10.0. The molecule has 0 atom stereocenters. The summed E-state index contributed by atoms with van der Waals surface area (Å²) in [7, 11) is 1.69.